The van der Waals surface area contributed by atoms with Gasteiger partial charge in [-0.2, -0.15) is 0 Å². The average Bonchev–Trinajstić information content (AvgIpc) is 3.52. The summed E-state index contributed by atoms with van der Waals surface area (Å²) in [5.74, 6) is -2.28. The molecule has 0 saturated carbocycles. The Labute approximate surface area is 184 Å². The Bertz CT molecular complexity index is 1190. The quantitative estimate of drug-likeness (QED) is 0.443. The maximum atomic E-state index is 13.8. The smallest absolute Gasteiger partial charge is 0.355 e. The summed E-state index contributed by atoms with van der Waals surface area (Å²) < 4.78 is 20.6. The molecular formula is C19H17FN6O5S. The highest BCUT2D eigenvalue weighted by atomic mass is 32.1. The number of carbonyl (C=O) groups excluding carboxylic acids is 2. The predicted octanol–water partition coefficient (Wildman–Crippen LogP) is 0.601. The van der Waals surface area contributed by atoms with Crippen molar-refractivity contribution < 1.29 is 28.6 Å². The van der Waals surface area contributed by atoms with E-state index in [2.05, 4.69) is 25.9 Å². The molecule has 0 fully saturated rings. The van der Waals surface area contributed by atoms with Crippen LogP contribution in [0.15, 0.2) is 23.7 Å². The first-order valence-electron chi connectivity index (χ1n) is 9.46. The van der Waals surface area contributed by atoms with Gasteiger partial charge >= 0.3 is 5.97 Å². The monoisotopic (exact) mass is 460 g/mol. The standard InChI is InChI=1S/C19H17FN6O5S/c20-13-2-1-12(17-11(13)3-4-31-17)18(28)22-6-15(27)21-5-10-7-26(25-24-10)8-16-23-14(9-32-16)19(29)30/h1-2,7,9H,3-6,8H2,(H,21,27)(H,22,28)(H,29,30). The van der Waals surface area contributed by atoms with Gasteiger partial charge in [0.2, 0.25) is 5.91 Å². The molecule has 0 saturated heterocycles. The van der Waals surface area contributed by atoms with Gasteiger partial charge in [0.05, 0.1) is 38.0 Å². The fourth-order valence-corrected chi connectivity index (χ4v) is 3.82. The molecule has 3 aromatic rings. The molecule has 2 amide bonds. The van der Waals surface area contributed by atoms with Crippen LogP contribution in [0.5, 0.6) is 5.75 Å². The molecule has 2 aromatic heterocycles. The van der Waals surface area contributed by atoms with Gasteiger partial charge < -0.3 is 20.5 Å². The molecule has 4 rings (SSSR count). The van der Waals surface area contributed by atoms with Gasteiger partial charge in [0.1, 0.15) is 22.3 Å². The molecule has 3 N–H and O–H groups in total. The SMILES string of the molecule is O=C(CNC(=O)c1ccc(F)c2c1OCC2)NCc1cn(Cc2nc(C(=O)O)cs2)nn1. The summed E-state index contributed by atoms with van der Waals surface area (Å²) >= 11 is 1.20. The van der Waals surface area contributed by atoms with Crippen molar-refractivity contribution in [2.75, 3.05) is 13.2 Å². The highest BCUT2D eigenvalue weighted by Crippen LogP contribution is 2.31. The topological polar surface area (TPSA) is 148 Å². The van der Waals surface area contributed by atoms with E-state index in [1.165, 1.54) is 33.5 Å². The summed E-state index contributed by atoms with van der Waals surface area (Å²) in [4.78, 5) is 39.3. The van der Waals surface area contributed by atoms with Gasteiger partial charge in [-0.05, 0) is 12.1 Å². The summed E-state index contributed by atoms with van der Waals surface area (Å²) in [7, 11) is 0. The Morgan fingerprint density at radius 2 is 2.12 bits per heavy atom. The summed E-state index contributed by atoms with van der Waals surface area (Å²) in [6, 6.07) is 2.53. The maximum absolute atomic E-state index is 13.8. The number of aromatic carboxylic acids is 1. The molecule has 1 aliphatic rings. The summed E-state index contributed by atoms with van der Waals surface area (Å²) in [5, 5.41) is 23.9. The van der Waals surface area contributed by atoms with Gasteiger partial charge in [-0.1, -0.05) is 5.21 Å². The molecule has 11 nitrogen and oxygen atoms in total. The number of hydrogen-bond donors (Lipinski definition) is 3. The van der Waals surface area contributed by atoms with Gasteiger partial charge in [-0.25, -0.2) is 18.9 Å². The zero-order valence-electron chi connectivity index (χ0n) is 16.5. The van der Waals surface area contributed by atoms with Crippen molar-refractivity contribution in [3.63, 3.8) is 0 Å². The number of rotatable bonds is 8. The highest BCUT2D eigenvalue weighted by Gasteiger charge is 2.24. The van der Waals surface area contributed by atoms with Crippen LogP contribution >= 0.6 is 11.3 Å². The van der Waals surface area contributed by atoms with E-state index in [1.54, 1.807) is 6.20 Å². The van der Waals surface area contributed by atoms with E-state index < -0.39 is 23.6 Å². The van der Waals surface area contributed by atoms with Crippen molar-refractivity contribution in [3.05, 3.63) is 57.0 Å². The number of carboxylic acids is 1. The van der Waals surface area contributed by atoms with Crippen molar-refractivity contribution in [1.29, 1.82) is 0 Å². The number of ether oxygens (including phenoxy) is 1. The maximum Gasteiger partial charge on any atom is 0.355 e. The first-order valence-corrected chi connectivity index (χ1v) is 10.3. The van der Waals surface area contributed by atoms with Crippen molar-refractivity contribution in [1.82, 2.24) is 30.6 Å². The van der Waals surface area contributed by atoms with E-state index in [-0.39, 0.29) is 36.6 Å². The molecule has 13 heteroatoms. The highest BCUT2D eigenvalue weighted by molar-refractivity contribution is 7.09. The second kappa shape index (κ2) is 9.09. The molecule has 3 heterocycles. The molecule has 0 bridgehead atoms. The number of thiazole rings is 1. The lowest BCUT2D eigenvalue weighted by atomic mass is 10.1. The van der Waals surface area contributed by atoms with Crippen LogP contribution in [-0.2, 0) is 24.3 Å². The molecule has 1 aliphatic heterocycles. The number of halogens is 1. The third-order valence-electron chi connectivity index (χ3n) is 4.58. The average molecular weight is 460 g/mol. The lowest BCUT2D eigenvalue weighted by Crippen LogP contribution is -2.36. The van der Waals surface area contributed by atoms with Gasteiger partial charge in [-0.15, -0.1) is 16.4 Å². The van der Waals surface area contributed by atoms with Crippen LogP contribution < -0.4 is 15.4 Å². The minimum atomic E-state index is -1.10. The van der Waals surface area contributed by atoms with Crippen LogP contribution in [0.2, 0.25) is 0 Å². The molecule has 0 aliphatic carbocycles. The minimum absolute atomic E-state index is 0.0307. The molecule has 32 heavy (non-hydrogen) atoms. The van der Waals surface area contributed by atoms with E-state index in [0.29, 0.717) is 29.3 Å². The van der Waals surface area contributed by atoms with Crippen LogP contribution in [0.3, 0.4) is 0 Å². The largest absolute Gasteiger partial charge is 0.492 e. The number of amides is 2. The predicted molar refractivity (Wildman–Crippen MR) is 108 cm³/mol. The zero-order chi connectivity index (χ0) is 22.7. The van der Waals surface area contributed by atoms with E-state index in [0.717, 1.165) is 0 Å². The van der Waals surface area contributed by atoms with Crippen molar-refractivity contribution in [3.8, 4) is 5.75 Å². The molecule has 0 radical (unpaired) electrons. The normalized spacial score (nSPS) is 12.2. The van der Waals surface area contributed by atoms with E-state index >= 15 is 0 Å². The number of fused-ring (bicyclic) bond motifs is 1. The van der Waals surface area contributed by atoms with Gasteiger partial charge in [0.15, 0.2) is 5.69 Å². The molecule has 0 spiro atoms. The van der Waals surface area contributed by atoms with Crippen LogP contribution in [0.25, 0.3) is 0 Å². The van der Waals surface area contributed by atoms with Crippen molar-refractivity contribution in [2.45, 2.75) is 19.5 Å². The molecular weight excluding hydrogens is 443 g/mol. The fraction of sp³-hybridized carbons (Fsp3) is 0.263. The Morgan fingerprint density at radius 3 is 2.91 bits per heavy atom. The second-order valence-electron chi connectivity index (χ2n) is 6.80. The van der Waals surface area contributed by atoms with Crippen LogP contribution in [-0.4, -0.2) is 56.0 Å². The first kappa shape index (κ1) is 21.4. The number of carbonyl (C=O) groups is 3. The number of nitrogens with one attached hydrogen (secondary N) is 2. The van der Waals surface area contributed by atoms with Crippen molar-refractivity contribution >= 4 is 29.1 Å². The molecule has 166 valence electrons. The number of benzene rings is 1. The minimum Gasteiger partial charge on any atom is -0.492 e. The Kier molecular flexibility index (Phi) is 6.07. The number of carboxylic acid groups (broad SMARTS) is 1. The number of nitrogens with zero attached hydrogens (tertiary/aromatic N) is 4. The fourth-order valence-electron chi connectivity index (χ4n) is 3.06. The Balaban J connectivity index is 1.25. The Morgan fingerprint density at radius 1 is 1.28 bits per heavy atom. The van der Waals surface area contributed by atoms with Crippen LogP contribution in [0, 0.1) is 5.82 Å². The third-order valence-corrected chi connectivity index (χ3v) is 5.41. The zero-order valence-corrected chi connectivity index (χ0v) is 17.3. The van der Waals surface area contributed by atoms with Gasteiger partial charge in [-0.3, -0.25) is 9.59 Å². The third kappa shape index (κ3) is 4.72. The lowest BCUT2D eigenvalue weighted by molar-refractivity contribution is -0.120. The molecule has 0 atom stereocenters. The number of aromatic nitrogens is 4. The van der Waals surface area contributed by atoms with Crippen LogP contribution in [0.1, 0.15) is 37.1 Å². The molecule has 1 aromatic carbocycles. The Hall–Kier alpha value is -3.87. The molecule has 0 unspecified atom stereocenters. The number of hydrogen-bond acceptors (Lipinski definition) is 8. The van der Waals surface area contributed by atoms with Crippen molar-refractivity contribution in [2.24, 2.45) is 0 Å². The second-order valence-corrected chi connectivity index (χ2v) is 7.74. The summed E-state index contributed by atoms with van der Waals surface area (Å²) in [6.07, 6.45) is 1.99. The summed E-state index contributed by atoms with van der Waals surface area (Å²) in [5.41, 5.74) is 0.992. The van der Waals surface area contributed by atoms with Crippen LogP contribution in [0.4, 0.5) is 4.39 Å². The van der Waals surface area contributed by atoms with E-state index in [4.69, 9.17) is 9.84 Å². The van der Waals surface area contributed by atoms with E-state index in [9.17, 15) is 18.8 Å². The first-order chi connectivity index (χ1) is 15.4. The van der Waals surface area contributed by atoms with Gasteiger partial charge in [0, 0.05) is 17.4 Å². The van der Waals surface area contributed by atoms with Gasteiger partial charge in [0.25, 0.3) is 5.91 Å². The van der Waals surface area contributed by atoms with E-state index in [1.807, 2.05) is 0 Å². The lowest BCUT2D eigenvalue weighted by Gasteiger charge is -2.09. The summed E-state index contributed by atoms with van der Waals surface area (Å²) in [6.45, 7) is 0.359.